The van der Waals surface area contributed by atoms with E-state index in [0.29, 0.717) is 6.29 Å². The Morgan fingerprint density at radius 2 is 1.79 bits per heavy atom. The Hall–Kier alpha value is -2.61. The highest BCUT2D eigenvalue weighted by Gasteiger charge is 2.25. The van der Waals surface area contributed by atoms with Crippen molar-refractivity contribution in [3.8, 4) is 0 Å². The number of rotatable bonds is 9. The smallest absolute Gasteiger partial charge is 0.405 e. The molecule has 0 fully saturated rings. The molecule has 132 valence electrons. The molecule has 0 bridgehead atoms. The number of hydrogen-bond acceptors (Lipinski definition) is 5. The van der Waals surface area contributed by atoms with E-state index in [1.165, 1.54) is 0 Å². The van der Waals surface area contributed by atoms with Gasteiger partial charge in [-0.05, 0) is 23.6 Å². The van der Waals surface area contributed by atoms with Crippen molar-refractivity contribution in [2.45, 2.75) is 32.5 Å². The number of amides is 2. The number of benzene rings is 1. The summed E-state index contributed by atoms with van der Waals surface area (Å²) in [5.41, 5.74) is 1.50. The minimum Gasteiger partial charge on any atom is -0.465 e. The third-order valence-electron chi connectivity index (χ3n) is 3.38. The lowest BCUT2D eigenvalue weighted by atomic mass is 10.0. The van der Waals surface area contributed by atoms with Gasteiger partial charge in [-0.25, -0.2) is 4.79 Å². The molecule has 0 aliphatic rings. The molecule has 5 N–H and O–H groups in total. The maximum Gasteiger partial charge on any atom is 0.405 e. The summed E-state index contributed by atoms with van der Waals surface area (Å²) in [7, 11) is 0. The van der Waals surface area contributed by atoms with Crippen molar-refractivity contribution in [2.75, 3.05) is 11.9 Å². The van der Waals surface area contributed by atoms with Crippen LogP contribution in [0.4, 0.5) is 10.5 Å². The van der Waals surface area contributed by atoms with E-state index in [1.807, 2.05) is 0 Å². The van der Waals surface area contributed by atoms with E-state index in [2.05, 4.69) is 16.0 Å². The molecule has 0 saturated carbocycles. The van der Waals surface area contributed by atoms with Crippen LogP contribution in [0, 0.1) is 5.92 Å². The second-order valence-corrected chi connectivity index (χ2v) is 5.66. The highest BCUT2D eigenvalue weighted by atomic mass is 16.4. The number of carboxylic acid groups (broad SMARTS) is 1. The van der Waals surface area contributed by atoms with Crippen LogP contribution in [0.25, 0.3) is 0 Å². The number of aliphatic hydroxyl groups is 1. The van der Waals surface area contributed by atoms with Crippen LogP contribution in [0.3, 0.4) is 0 Å². The molecule has 2 atom stereocenters. The van der Waals surface area contributed by atoms with Crippen LogP contribution in [-0.2, 0) is 16.2 Å². The minimum absolute atomic E-state index is 0.0551. The van der Waals surface area contributed by atoms with E-state index >= 15 is 0 Å². The fourth-order valence-electron chi connectivity index (χ4n) is 2.03. The molecule has 0 spiro atoms. The van der Waals surface area contributed by atoms with E-state index in [4.69, 9.17) is 10.2 Å². The van der Waals surface area contributed by atoms with Crippen molar-refractivity contribution < 1.29 is 24.6 Å². The van der Waals surface area contributed by atoms with E-state index in [9.17, 15) is 14.4 Å². The Kier molecular flexibility index (Phi) is 7.70. The molecule has 8 heteroatoms. The van der Waals surface area contributed by atoms with Crippen LogP contribution in [0.1, 0.15) is 19.4 Å². The van der Waals surface area contributed by atoms with Crippen molar-refractivity contribution in [3.63, 3.8) is 0 Å². The quantitative estimate of drug-likeness (QED) is 0.419. The van der Waals surface area contributed by atoms with Gasteiger partial charge in [0.05, 0.1) is 6.61 Å². The number of anilines is 1. The van der Waals surface area contributed by atoms with Crippen LogP contribution in [0.2, 0.25) is 0 Å². The first-order valence-electron chi connectivity index (χ1n) is 7.56. The topological polar surface area (TPSA) is 128 Å². The Morgan fingerprint density at radius 3 is 2.25 bits per heavy atom. The summed E-state index contributed by atoms with van der Waals surface area (Å²) in [6, 6.07) is 5.24. The molecule has 0 aliphatic heterocycles. The number of aliphatic hydroxyl groups excluding tert-OH is 1. The van der Waals surface area contributed by atoms with Crippen molar-refractivity contribution in [1.29, 1.82) is 0 Å². The zero-order valence-corrected chi connectivity index (χ0v) is 13.7. The van der Waals surface area contributed by atoms with Gasteiger partial charge in [-0.3, -0.25) is 4.79 Å². The zero-order chi connectivity index (χ0) is 18.1. The third kappa shape index (κ3) is 6.25. The van der Waals surface area contributed by atoms with E-state index in [-0.39, 0.29) is 19.1 Å². The first kappa shape index (κ1) is 19.4. The Balaban J connectivity index is 2.60. The summed E-state index contributed by atoms with van der Waals surface area (Å²) < 4.78 is 0. The van der Waals surface area contributed by atoms with Gasteiger partial charge in [0, 0.05) is 12.2 Å². The molecule has 0 heterocycles. The van der Waals surface area contributed by atoms with Crippen LogP contribution >= 0.6 is 0 Å². The first-order chi connectivity index (χ1) is 11.4. The van der Waals surface area contributed by atoms with Gasteiger partial charge in [0.15, 0.2) is 0 Å². The summed E-state index contributed by atoms with van der Waals surface area (Å²) in [5.74, 6) is -0.811. The number of hydrogen-bond donors (Lipinski definition) is 5. The molecule has 0 saturated heterocycles. The van der Waals surface area contributed by atoms with Gasteiger partial charge in [-0.15, -0.1) is 0 Å². The molecule has 0 unspecified atom stereocenters. The summed E-state index contributed by atoms with van der Waals surface area (Å²) >= 11 is 0. The average Bonchev–Trinajstić information content (AvgIpc) is 2.56. The van der Waals surface area contributed by atoms with Crippen LogP contribution in [0.15, 0.2) is 24.3 Å². The summed E-state index contributed by atoms with van der Waals surface area (Å²) in [4.78, 5) is 34.0. The van der Waals surface area contributed by atoms with Gasteiger partial charge in [0.25, 0.3) is 0 Å². The van der Waals surface area contributed by atoms with Gasteiger partial charge in [0.2, 0.25) is 5.91 Å². The van der Waals surface area contributed by atoms with Crippen LogP contribution in [0.5, 0.6) is 0 Å². The Labute approximate surface area is 140 Å². The summed E-state index contributed by atoms with van der Waals surface area (Å²) in [6.07, 6.45) is -0.709. The molecule has 1 rings (SSSR count). The minimum atomic E-state index is -1.30. The molecule has 0 aliphatic carbocycles. The number of carbonyl (C=O) groups is 3. The van der Waals surface area contributed by atoms with Crippen LogP contribution < -0.4 is 16.0 Å². The van der Waals surface area contributed by atoms with E-state index in [0.717, 1.165) is 11.3 Å². The normalized spacial score (nSPS) is 13.0. The number of carbonyl (C=O) groups excluding carboxylic acids is 2. The molecule has 0 aromatic heterocycles. The predicted octanol–water partition coefficient (Wildman–Crippen LogP) is 0.567. The molecule has 1 aromatic rings. The van der Waals surface area contributed by atoms with Crippen molar-refractivity contribution in [3.05, 3.63) is 29.8 Å². The molecule has 0 radical (unpaired) electrons. The average molecular weight is 337 g/mol. The SMILES string of the molecule is CC(C)[C@H](NC(=O)O)C(=O)N[C@H](C=O)CNc1ccc(CO)cc1. The second kappa shape index (κ2) is 9.51. The van der Waals surface area contributed by atoms with Crippen molar-refractivity contribution in [1.82, 2.24) is 10.6 Å². The molecule has 2 amide bonds. The van der Waals surface area contributed by atoms with Crippen molar-refractivity contribution in [2.24, 2.45) is 5.92 Å². The number of aldehydes is 1. The summed E-state index contributed by atoms with van der Waals surface area (Å²) in [5, 5.41) is 25.4. The Bertz CT molecular complexity index is 559. The van der Waals surface area contributed by atoms with Gasteiger partial charge >= 0.3 is 6.09 Å². The standard InChI is InChI=1S/C16H23N3O5/c1-10(2)14(19-16(23)24)15(22)18-13(9-21)7-17-12-5-3-11(8-20)4-6-12/h3-6,9-10,13-14,17,19-20H,7-8H2,1-2H3,(H,18,22)(H,23,24)/t13-,14-/m0/s1. The fourth-order valence-corrected chi connectivity index (χ4v) is 2.03. The number of nitrogens with one attached hydrogen (secondary N) is 3. The maximum atomic E-state index is 12.1. The second-order valence-electron chi connectivity index (χ2n) is 5.66. The first-order valence-corrected chi connectivity index (χ1v) is 7.56. The highest BCUT2D eigenvalue weighted by molar-refractivity contribution is 5.87. The van der Waals surface area contributed by atoms with Gasteiger partial charge in [0.1, 0.15) is 18.4 Å². The zero-order valence-electron chi connectivity index (χ0n) is 13.7. The van der Waals surface area contributed by atoms with E-state index < -0.39 is 24.1 Å². The highest BCUT2D eigenvalue weighted by Crippen LogP contribution is 2.09. The summed E-state index contributed by atoms with van der Waals surface area (Å²) in [6.45, 7) is 3.51. The lowest BCUT2D eigenvalue weighted by Gasteiger charge is -2.22. The molecular formula is C16H23N3O5. The largest absolute Gasteiger partial charge is 0.465 e. The van der Waals surface area contributed by atoms with Gasteiger partial charge in [-0.2, -0.15) is 0 Å². The Morgan fingerprint density at radius 1 is 1.17 bits per heavy atom. The van der Waals surface area contributed by atoms with E-state index in [1.54, 1.807) is 38.1 Å². The third-order valence-corrected chi connectivity index (χ3v) is 3.38. The molecule has 24 heavy (non-hydrogen) atoms. The van der Waals surface area contributed by atoms with Crippen LogP contribution in [-0.4, -0.2) is 47.1 Å². The molecule has 8 nitrogen and oxygen atoms in total. The monoisotopic (exact) mass is 337 g/mol. The van der Waals surface area contributed by atoms with Gasteiger partial charge < -0.3 is 31.0 Å². The maximum absolute atomic E-state index is 12.1. The fraction of sp³-hybridized carbons (Fsp3) is 0.438. The predicted molar refractivity (Wildman–Crippen MR) is 88.6 cm³/mol. The lowest BCUT2D eigenvalue weighted by molar-refractivity contribution is -0.126. The lowest BCUT2D eigenvalue weighted by Crippen LogP contribution is -2.53. The van der Waals surface area contributed by atoms with Gasteiger partial charge in [-0.1, -0.05) is 26.0 Å². The molecule has 1 aromatic carbocycles. The van der Waals surface area contributed by atoms with Crippen molar-refractivity contribution >= 4 is 24.0 Å². The molecular weight excluding hydrogens is 314 g/mol.